The molecule has 1 aromatic carbocycles. The third-order valence-electron chi connectivity index (χ3n) is 8.00. The summed E-state index contributed by atoms with van der Waals surface area (Å²) >= 11 is 1.85. The summed E-state index contributed by atoms with van der Waals surface area (Å²) in [6.45, 7) is 2.58. The first kappa shape index (κ1) is 17.8. The van der Waals surface area contributed by atoms with Crippen molar-refractivity contribution in [2.45, 2.75) is 69.1 Å². The molecule has 1 nitrogen and oxygen atoms in total. The summed E-state index contributed by atoms with van der Waals surface area (Å²) in [5, 5.41) is 0. The zero-order valence-electron chi connectivity index (χ0n) is 16.6. The molecule has 142 valence electrons. The van der Waals surface area contributed by atoms with E-state index < -0.39 is 0 Å². The predicted molar refractivity (Wildman–Crippen MR) is 113 cm³/mol. The Bertz CT molecular complexity index is 848. The van der Waals surface area contributed by atoms with Crippen molar-refractivity contribution in [3.8, 4) is 0 Å². The number of allylic oxidation sites excluding steroid dienone is 4. The highest BCUT2D eigenvalue weighted by molar-refractivity contribution is 7.98. The molecule has 0 heterocycles. The van der Waals surface area contributed by atoms with Gasteiger partial charge in [0.2, 0.25) is 0 Å². The zero-order chi connectivity index (χ0) is 18.6. The van der Waals surface area contributed by atoms with Crippen LogP contribution in [0.25, 0.3) is 0 Å². The Labute approximate surface area is 167 Å². The number of benzene rings is 1. The van der Waals surface area contributed by atoms with E-state index in [1.54, 1.807) is 11.1 Å². The molecule has 27 heavy (non-hydrogen) atoms. The van der Waals surface area contributed by atoms with E-state index in [0.29, 0.717) is 23.5 Å². The van der Waals surface area contributed by atoms with Gasteiger partial charge in [-0.2, -0.15) is 0 Å². The highest BCUT2D eigenvalue weighted by Gasteiger charge is 2.52. The monoisotopic (exact) mass is 378 g/mol. The third-order valence-corrected chi connectivity index (χ3v) is 8.73. The van der Waals surface area contributed by atoms with Gasteiger partial charge in [-0.05, 0) is 96.9 Å². The first-order valence-electron chi connectivity index (χ1n) is 10.7. The highest BCUT2D eigenvalue weighted by atomic mass is 32.2. The van der Waals surface area contributed by atoms with Crippen molar-refractivity contribution in [1.29, 1.82) is 0 Å². The van der Waals surface area contributed by atoms with Crippen LogP contribution in [0.15, 0.2) is 52.0 Å². The topological polar surface area (TPSA) is 17.1 Å². The molecule has 0 radical (unpaired) electrons. The largest absolute Gasteiger partial charge is 0.295 e. The number of ketones is 1. The zero-order valence-corrected chi connectivity index (χ0v) is 17.4. The molecule has 0 aliphatic heterocycles. The molecule has 5 rings (SSSR count). The fraction of sp³-hybridized carbons (Fsp3) is 0.560. The minimum atomic E-state index is 0.343. The normalized spacial score (nSPS) is 35.4. The van der Waals surface area contributed by atoms with Crippen LogP contribution in [0.2, 0.25) is 0 Å². The number of hydrogen-bond acceptors (Lipinski definition) is 2. The predicted octanol–water partition coefficient (Wildman–Crippen LogP) is 6.70. The molecule has 0 bridgehead atoms. The third kappa shape index (κ3) is 2.87. The lowest BCUT2D eigenvalue weighted by Crippen LogP contribution is -2.40. The summed E-state index contributed by atoms with van der Waals surface area (Å²) in [7, 11) is 0. The van der Waals surface area contributed by atoms with Gasteiger partial charge in [0.15, 0.2) is 5.78 Å². The van der Waals surface area contributed by atoms with Gasteiger partial charge in [0.25, 0.3) is 0 Å². The van der Waals surface area contributed by atoms with Crippen molar-refractivity contribution in [3.05, 3.63) is 52.6 Å². The van der Waals surface area contributed by atoms with Crippen LogP contribution in [0.1, 0.15) is 69.8 Å². The average Bonchev–Trinajstić information content (AvgIpc) is 3.08. The van der Waals surface area contributed by atoms with Crippen molar-refractivity contribution in [1.82, 2.24) is 0 Å². The standard InChI is InChI=1S/C25H30OS/c1-25-12-4-7-23(25)21-10-8-17-13-18(26)9-11-20(17)24(21)22(15-25)16-5-3-6-19(14-16)27-2/h3,5-6,13-14,21-23H,4,7-12,15H2,1-2H3/t21-,22+,23-,25-/m0/s1. The highest BCUT2D eigenvalue weighted by Crippen LogP contribution is 2.63. The van der Waals surface area contributed by atoms with Crippen molar-refractivity contribution >= 4 is 17.5 Å². The summed E-state index contributed by atoms with van der Waals surface area (Å²) in [5.41, 5.74) is 6.71. The fourth-order valence-corrected chi connectivity index (χ4v) is 7.29. The van der Waals surface area contributed by atoms with Crippen LogP contribution in [0.3, 0.4) is 0 Å². The number of hydrogen-bond donors (Lipinski definition) is 0. The second-order valence-electron chi connectivity index (χ2n) is 9.40. The van der Waals surface area contributed by atoms with E-state index in [4.69, 9.17) is 0 Å². The van der Waals surface area contributed by atoms with Crippen molar-refractivity contribution < 1.29 is 4.79 Å². The molecule has 0 unspecified atom stereocenters. The molecule has 0 N–H and O–H groups in total. The molecular formula is C25H30OS. The summed E-state index contributed by atoms with van der Waals surface area (Å²) in [6, 6.07) is 9.27. The summed E-state index contributed by atoms with van der Waals surface area (Å²) < 4.78 is 0. The molecule has 0 amide bonds. The SMILES string of the molecule is CSc1cccc([C@H]2C[C@]3(C)CCC[C@H]3[C@@H]3CCC4=CC(=O)CCC4=C32)c1. The van der Waals surface area contributed by atoms with Gasteiger partial charge in [0, 0.05) is 17.2 Å². The number of carbonyl (C=O) groups excluding carboxylic acids is 1. The summed E-state index contributed by atoms with van der Waals surface area (Å²) in [4.78, 5) is 13.4. The lowest BCUT2D eigenvalue weighted by molar-refractivity contribution is -0.114. The molecule has 4 aliphatic carbocycles. The molecule has 2 saturated carbocycles. The number of fused-ring (bicyclic) bond motifs is 4. The van der Waals surface area contributed by atoms with E-state index >= 15 is 0 Å². The van der Waals surface area contributed by atoms with Crippen LogP contribution >= 0.6 is 11.8 Å². The molecular weight excluding hydrogens is 348 g/mol. The van der Waals surface area contributed by atoms with Gasteiger partial charge >= 0.3 is 0 Å². The molecule has 2 fully saturated rings. The van der Waals surface area contributed by atoms with E-state index in [1.165, 1.54) is 48.1 Å². The quantitative estimate of drug-likeness (QED) is 0.533. The Hall–Kier alpha value is -1.28. The first-order chi connectivity index (χ1) is 13.1. The van der Waals surface area contributed by atoms with Crippen LogP contribution in [0.4, 0.5) is 0 Å². The molecule has 2 heteroatoms. The number of thioether (sulfide) groups is 1. The van der Waals surface area contributed by atoms with Crippen molar-refractivity contribution in [2.24, 2.45) is 17.3 Å². The Morgan fingerprint density at radius 3 is 2.89 bits per heavy atom. The maximum atomic E-state index is 12.0. The smallest absolute Gasteiger partial charge is 0.156 e. The van der Waals surface area contributed by atoms with Gasteiger partial charge in [0.1, 0.15) is 0 Å². The molecule has 1 aromatic rings. The minimum absolute atomic E-state index is 0.343. The summed E-state index contributed by atoms with van der Waals surface area (Å²) in [6.07, 6.45) is 13.8. The van der Waals surface area contributed by atoms with Crippen LogP contribution < -0.4 is 0 Å². The van der Waals surface area contributed by atoms with Crippen LogP contribution in [0.5, 0.6) is 0 Å². The molecule has 0 aromatic heterocycles. The number of carbonyl (C=O) groups is 1. The second kappa shape index (κ2) is 6.65. The van der Waals surface area contributed by atoms with E-state index in [9.17, 15) is 4.79 Å². The van der Waals surface area contributed by atoms with Gasteiger partial charge in [-0.15, -0.1) is 11.8 Å². The number of rotatable bonds is 2. The second-order valence-corrected chi connectivity index (χ2v) is 10.3. The Morgan fingerprint density at radius 1 is 1.15 bits per heavy atom. The van der Waals surface area contributed by atoms with Gasteiger partial charge < -0.3 is 0 Å². The molecule has 0 spiro atoms. The Morgan fingerprint density at radius 2 is 2.04 bits per heavy atom. The van der Waals surface area contributed by atoms with Crippen LogP contribution in [0, 0.1) is 17.3 Å². The van der Waals surface area contributed by atoms with Crippen LogP contribution in [-0.4, -0.2) is 12.0 Å². The summed E-state index contributed by atoms with van der Waals surface area (Å²) in [5.74, 6) is 2.50. The maximum absolute atomic E-state index is 12.0. The van der Waals surface area contributed by atoms with Gasteiger partial charge in [-0.1, -0.05) is 31.1 Å². The van der Waals surface area contributed by atoms with Gasteiger partial charge in [-0.25, -0.2) is 0 Å². The minimum Gasteiger partial charge on any atom is -0.295 e. The molecule has 4 atom stereocenters. The van der Waals surface area contributed by atoms with Crippen molar-refractivity contribution in [3.63, 3.8) is 0 Å². The lowest BCUT2D eigenvalue weighted by Gasteiger charge is -2.51. The molecule has 4 aliphatic rings. The average molecular weight is 379 g/mol. The van der Waals surface area contributed by atoms with E-state index in [2.05, 4.69) is 37.4 Å². The van der Waals surface area contributed by atoms with Gasteiger partial charge in [-0.3, -0.25) is 4.79 Å². The van der Waals surface area contributed by atoms with Crippen molar-refractivity contribution in [2.75, 3.05) is 6.26 Å². The Kier molecular flexibility index (Phi) is 4.39. The lowest BCUT2D eigenvalue weighted by atomic mass is 9.53. The van der Waals surface area contributed by atoms with Crippen LogP contribution in [-0.2, 0) is 4.79 Å². The first-order valence-corrected chi connectivity index (χ1v) is 11.9. The fourth-order valence-electron chi connectivity index (χ4n) is 6.82. The van der Waals surface area contributed by atoms with E-state index in [0.717, 1.165) is 24.7 Å². The van der Waals surface area contributed by atoms with E-state index in [-0.39, 0.29) is 0 Å². The Balaban J connectivity index is 1.67. The molecule has 0 saturated heterocycles. The van der Waals surface area contributed by atoms with Gasteiger partial charge in [0.05, 0.1) is 0 Å². The van der Waals surface area contributed by atoms with E-state index in [1.807, 2.05) is 17.8 Å². The maximum Gasteiger partial charge on any atom is 0.156 e.